The normalized spacial score (nSPS) is 13.5. The molecular formula is C14H17ClFN. The molecule has 0 fully saturated rings. The van der Waals surface area contributed by atoms with Crippen molar-refractivity contribution >= 4 is 22.5 Å². The number of benzene rings is 1. The van der Waals surface area contributed by atoms with Crippen LogP contribution in [0.1, 0.15) is 26.3 Å². The van der Waals surface area contributed by atoms with E-state index in [-0.39, 0.29) is 10.8 Å². The van der Waals surface area contributed by atoms with E-state index >= 15 is 0 Å². The van der Waals surface area contributed by atoms with Gasteiger partial charge in [-0.05, 0) is 36.0 Å². The Kier molecular flexibility index (Phi) is 3.43. The van der Waals surface area contributed by atoms with E-state index in [1.165, 1.54) is 6.07 Å². The van der Waals surface area contributed by atoms with Crippen LogP contribution in [0.15, 0.2) is 18.3 Å². The second kappa shape index (κ2) is 4.69. The Morgan fingerprint density at radius 3 is 2.65 bits per heavy atom. The molecule has 0 aliphatic rings. The molecule has 3 heteroatoms. The fourth-order valence-electron chi connectivity index (χ4n) is 1.93. The monoisotopic (exact) mass is 253 g/mol. The quantitative estimate of drug-likeness (QED) is 0.809. The molecule has 0 aliphatic heterocycles. The second-order valence-corrected chi connectivity index (χ2v) is 5.46. The van der Waals surface area contributed by atoms with Crippen LogP contribution in [0.5, 0.6) is 0 Å². The molecule has 0 aliphatic carbocycles. The molecule has 2 rings (SSSR count). The summed E-state index contributed by atoms with van der Waals surface area (Å²) in [6.45, 7) is 6.63. The van der Waals surface area contributed by atoms with Crippen LogP contribution in [0, 0.1) is 17.7 Å². The summed E-state index contributed by atoms with van der Waals surface area (Å²) in [6.07, 6.45) is 2.91. The first-order chi connectivity index (χ1) is 7.99. The summed E-state index contributed by atoms with van der Waals surface area (Å²) >= 11 is 5.76. The summed E-state index contributed by atoms with van der Waals surface area (Å²) in [6, 6.07) is 3.17. The van der Waals surface area contributed by atoms with Crippen molar-refractivity contribution in [1.29, 1.82) is 0 Å². The van der Waals surface area contributed by atoms with E-state index in [9.17, 15) is 4.39 Å². The highest BCUT2D eigenvalue weighted by Crippen LogP contribution is 2.27. The van der Waals surface area contributed by atoms with Crippen molar-refractivity contribution in [2.75, 3.05) is 0 Å². The molecule has 0 saturated heterocycles. The third-order valence-electron chi connectivity index (χ3n) is 3.49. The van der Waals surface area contributed by atoms with Gasteiger partial charge in [-0.15, -0.1) is 0 Å². The van der Waals surface area contributed by atoms with Crippen molar-refractivity contribution in [3.63, 3.8) is 0 Å². The van der Waals surface area contributed by atoms with Gasteiger partial charge >= 0.3 is 0 Å². The fraction of sp³-hybridized carbons (Fsp3) is 0.429. The van der Waals surface area contributed by atoms with Gasteiger partial charge in [-0.25, -0.2) is 4.39 Å². The van der Waals surface area contributed by atoms with Crippen molar-refractivity contribution in [1.82, 2.24) is 4.98 Å². The third kappa shape index (κ3) is 2.47. The number of hydrogen-bond acceptors (Lipinski definition) is 0. The van der Waals surface area contributed by atoms with Crippen molar-refractivity contribution in [3.8, 4) is 0 Å². The molecule has 1 aromatic heterocycles. The maximum Gasteiger partial charge on any atom is 0.142 e. The zero-order valence-electron chi connectivity index (χ0n) is 10.3. The van der Waals surface area contributed by atoms with Crippen molar-refractivity contribution < 1.29 is 4.39 Å². The zero-order chi connectivity index (χ0) is 12.6. The molecule has 0 spiro atoms. The van der Waals surface area contributed by atoms with Gasteiger partial charge in [-0.1, -0.05) is 32.4 Å². The van der Waals surface area contributed by atoms with E-state index < -0.39 is 0 Å². The Morgan fingerprint density at radius 2 is 2.00 bits per heavy atom. The molecule has 2 aromatic rings. The van der Waals surface area contributed by atoms with Crippen LogP contribution in [-0.4, -0.2) is 4.98 Å². The fourth-order valence-corrected chi connectivity index (χ4v) is 2.09. The van der Waals surface area contributed by atoms with E-state index in [0.717, 1.165) is 22.9 Å². The lowest BCUT2D eigenvalue weighted by atomic mass is 9.91. The maximum atomic E-state index is 13.5. The minimum Gasteiger partial charge on any atom is -0.361 e. The molecule has 1 N–H and O–H groups in total. The average Bonchev–Trinajstić information content (AvgIpc) is 2.62. The van der Waals surface area contributed by atoms with Gasteiger partial charge in [-0.2, -0.15) is 0 Å². The molecule has 92 valence electrons. The molecule has 0 radical (unpaired) electrons. The number of aromatic amines is 1. The van der Waals surface area contributed by atoms with Gasteiger partial charge in [-0.3, -0.25) is 0 Å². The number of fused-ring (bicyclic) bond motifs is 1. The van der Waals surface area contributed by atoms with Crippen molar-refractivity contribution in [3.05, 3.63) is 34.7 Å². The van der Waals surface area contributed by atoms with Gasteiger partial charge < -0.3 is 4.98 Å². The first-order valence-corrected chi connectivity index (χ1v) is 6.32. The summed E-state index contributed by atoms with van der Waals surface area (Å²) < 4.78 is 13.5. The van der Waals surface area contributed by atoms with Crippen LogP contribution in [0.3, 0.4) is 0 Å². The van der Waals surface area contributed by atoms with Gasteiger partial charge in [0.15, 0.2) is 0 Å². The molecule has 1 nitrogen and oxygen atoms in total. The first-order valence-electron chi connectivity index (χ1n) is 5.94. The molecule has 0 unspecified atom stereocenters. The molecule has 0 bridgehead atoms. The molecule has 1 aromatic carbocycles. The van der Waals surface area contributed by atoms with E-state index in [2.05, 4.69) is 25.8 Å². The Labute approximate surface area is 106 Å². The SMILES string of the molecule is CC(C)[C@@H](C)Cc1c[nH]c2cc(Cl)c(F)cc12. The van der Waals surface area contributed by atoms with E-state index in [0.29, 0.717) is 11.8 Å². The standard InChI is InChI=1S/C14H17ClFN/c1-8(2)9(3)4-10-7-17-14-6-12(15)13(16)5-11(10)14/h5-9,17H,4H2,1-3H3/t9-/m0/s1. The maximum absolute atomic E-state index is 13.5. The van der Waals surface area contributed by atoms with Crippen molar-refractivity contribution in [2.45, 2.75) is 27.2 Å². The van der Waals surface area contributed by atoms with Crippen LogP contribution in [0.25, 0.3) is 10.9 Å². The Bertz CT molecular complexity index is 530. The molecule has 1 atom stereocenters. The Balaban J connectivity index is 2.39. The minimum atomic E-state index is -0.350. The lowest BCUT2D eigenvalue weighted by Gasteiger charge is -2.14. The molecule has 1 heterocycles. The lowest BCUT2D eigenvalue weighted by molar-refractivity contribution is 0.418. The highest BCUT2D eigenvalue weighted by molar-refractivity contribution is 6.31. The summed E-state index contributed by atoms with van der Waals surface area (Å²) in [5, 5.41) is 1.11. The predicted octanol–water partition coefficient (Wildman–Crippen LogP) is 4.80. The van der Waals surface area contributed by atoms with Gasteiger partial charge in [0, 0.05) is 17.1 Å². The van der Waals surface area contributed by atoms with Gasteiger partial charge in [0.1, 0.15) is 5.82 Å². The number of rotatable bonds is 3. The van der Waals surface area contributed by atoms with E-state index in [4.69, 9.17) is 11.6 Å². The average molecular weight is 254 g/mol. The highest BCUT2D eigenvalue weighted by atomic mass is 35.5. The number of hydrogen-bond donors (Lipinski definition) is 1. The first kappa shape index (κ1) is 12.4. The van der Waals surface area contributed by atoms with Gasteiger partial charge in [0.05, 0.1) is 5.02 Å². The molecule has 0 saturated carbocycles. The summed E-state index contributed by atoms with van der Waals surface area (Å²) in [5.41, 5.74) is 2.07. The van der Waals surface area contributed by atoms with Crippen LogP contribution < -0.4 is 0 Å². The van der Waals surface area contributed by atoms with Gasteiger partial charge in [0.2, 0.25) is 0 Å². The number of aromatic nitrogens is 1. The van der Waals surface area contributed by atoms with E-state index in [1.807, 2.05) is 6.20 Å². The van der Waals surface area contributed by atoms with Crippen molar-refractivity contribution in [2.24, 2.45) is 11.8 Å². The van der Waals surface area contributed by atoms with Crippen LogP contribution >= 0.6 is 11.6 Å². The van der Waals surface area contributed by atoms with Crippen LogP contribution in [-0.2, 0) is 6.42 Å². The number of H-pyrrole nitrogens is 1. The number of halogens is 2. The third-order valence-corrected chi connectivity index (χ3v) is 3.78. The topological polar surface area (TPSA) is 15.8 Å². The highest BCUT2D eigenvalue weighted by Gasteiger charge is 2.13. The summed E-state index contributed by atoms with van der Waals surface area (Å²) in [5.74, 6) is 0.849. The molecular weight excluding hydrogens is 237 g/mol. The Hall–Kier alpha value is -1.02. The Morgan fingerprint density at radius 1 is 1.29 bits per heavy atom. The largest absolute Gasteiger partial charge is 0.361 e. The molecule has 17 heavy (non-hydrogen) atoms. The minimum absolute atomic E-state index is 0.169. The predicted molar refractivity (Wildman–Crippen MR) is 71.0 cm³/mol. The molecule has 0 amide bonds. The number of nitrogens with one attached hydrogen (secondary N) is 1. The second-order valence-electron chi connectivity index (χ2n) is 5.05. The summed E-state index contributed by atoms with van der Waals surface area (Å²) in [7, 11) is 0. The smallest absolute Gasteiger partial charge is 0.142 e. The van der Waals surface area contributed by atoms with Crippen LogP contribution in [0.2, 0.25) is 5.02 Å². The zero-order valence-corrected chi connectivity index (χ0v) is 11.1. The van der Waals surface area contributed by atoms with Gasteiger partial charge in [0.25, 0.3) is 0 Å². The summed E-state index contributed by atoms with van der Waals surface area (Å²) in [4.78, 5) is 3.15. The lowest BCUT2D eigenvalue weighted by Crippen LogP contribution is -2.06. The van der Waals surface area contributed by atoms with E-state index in [1.54, 1.807) is 6.07 Å². The van der Waals surface area contributed by atoms with Crippen LogP contribution in [0.4, 0.5) is 4.39 Å².